The lowest BCUT2D eigenvalue weighted by molar-refractivity contribution is -0.160. The number of hydrogen-bond donors (Lipinski definition) is 0. The van der Waals surface area contributed by atoms with Gasteiger partial charge in [-0.1, -0.05) is 6.07 Å². The monoisotopic (exact) mass is 412 g/mol. The van der Waals surface area contributed by atoms with Gasteiger partial charge in [-0.15, -0.1) is 0 Å². The lowest BCUT2D eigenvalue weighted by Gasteiger charge is -2.43. The van der Waals surface area contributed by atoms with E-state index in [1.54, 1.807) is 22.8 Å². The van der Waals surface area contributed by atoms with Gasteiger partial charge < -0.3 is 24.2 Å². The number of nitriles is 1. The van der Waals surface area contributed by atoms with Gasteiger partial charge in [0.15, 0.2) is 11.5 Å². The fourth-order valence-electron chi connectivity index (χ4n) is 4.90. The van der Waals surface area contributed by atoms with Crippen LogP contribution < -0.4 is 9.47 Å². The topological polar surface area (TPSA) is 86.1 Å². The van der Waals surface area contributed by atoms with Gasteiger partial charge in [0.05, 0.1) is 17.5 Å². The Bertz CT molecular complexity index is 911. The number of hydrogen-bond acceptors (Lipinski definition) is 6. The summed E-state index contributed by atoms with van der Waals surface area (Å²) < 4.78 is 10.9. The van der Waals surface area contributed by atoms with Crippen molar-refractivity contribution < 1.29 is 19.1 Å². The van der Waals surface area contributed by atoms with E-state index in [1.807, 2.05) is 33.2 Å². The number of carbonyl (C=O) groups is 2. The summed E-state index contributed by atoms with van der Waals surface area (Å²) in [5.41, 5.74) is -0.0801. The van der Waals surface area contributed by atoms with Crippen molar-refractivity contribution in [2.24, 2.45) is 5.41 Å². The molecule has 0 spiro atoms. The molecule has 2 saturated heterocycles. The molecule has 2 unspecified atom stereocenters. The molecule has 0 aromatic heterocycles. The van der Waals surface area contributed by atoms with E-state index in [0.717, 1.165) is 18.5 Å². The number of amides is 2. The van der Waals surface area contributed by atoms with Crippen molar-refractivity contribution in [3.63, 3.8) is 0 Å². The standard InChI is InChI=1S/C22H28N4O4/c1-14-20(27)26-16(21(28)25(14)9-5-8-24(3)4)11-22(2,12-23)19(26)15-6-7-17-18(10-15)30-13-29-17/h6-7,10,14,16,19H,5,8-9,11,13H2,1-4H3/t14-,16?,19?,22-/m1/s1. The molecule has 3 heterocycles. The van der Waals surface area contributed by atoms with Gasteiger partial charge in [-0.2, -0.15) is 5.26 Å². The van der Waals surface area contributed by atoms with Crippen LogP contribution >= 0.6 is 0 Å². The second kappa shape index (κ2) is 7.47. The Labute approximate surface area is 176 Å². The maximum Gasteiger partial charge on any atom is 0.246 e. The van der Waals surface area contributed by atoms with Gasteiger partial charge in [-0.3, -0.25) is 9.59 Å². The highest BCUT2D eigenvalue weighted by molar-refractivity contribution is 5.98. The summed E-state index contributed by atoms with van der Waals surface area (Å²) in [4.78, 5) is 32.2. The van der Waals surface area contributed by atoms with Crippen LogP contribution in [-0.4, -0.2) is 72.6 Å². The van der Waals surface area contributed by atoms with Crippen LogP contribution in [0.5, 0.6) is 11.5 Å². The third kappa shape index (κ3) is 3.18. The molecule has 3 aliphatic rings. The Morgan fingerprint density at radius 3 is 2.67 bits per heavy atom. The Hall–Kier alpha value is -2.79. The summed E-state index contributed by atoms with van der Waals surface area (Å²) in [6.07, 6.45) is 1.12. The highest BCUT2D eigenvalue weighted by Crippen LogP contribution is 2.52. The molecule has 3 aliphatic heterocycles. The zero-order valence-electron chi connectivity index (χ0n) is 17.9. The minimum absolute atomic E-state index is 0.0643. The lowest BCUT2D eigenvalue weighted by atomic mass is 9.79. The number of fused-ring (bicyclic) bond motifs is 2. The number of benzene rings is 1. The van der Waals surface area contributed by atoms with Crippen LogP contribution in [0.3, 0.4) is 0 Å². The number of rotatable bonds is 5. The van der Waals surface area contributed by atoms with E-state index < -0.39 is 23.5 Å². The van der Waals surface area contributed by atoms with E-state index in [4.69, 9.17) is 9.47 Å². The van der Waals surface area contributed by atoms with Gasteiger partial charge in [-0.05, 0) is 65.0 Å². The second-order valence-corrected chi connectivity index (χ2v) is 8.87. The van der Waals surface area contributed by atoms with E-state index in [-0.39, 0.29) is 18.6 Å². The molecule has 1 aromatic rings. The fourth-order valence-corrected chi connectivity index (χ4v) is 4.90. The number of carbonyl (C=O) groups excluding carboxylic acids is 2. The molecular formula is C22H28N4O4. The van der Waals surface area contributed by atoms with Crippen molar-refractivity contribution in [1.82, 2.24) is 14.7 Å². The van der Waals surface area contributed by atoms with Gasteiger partial charge in [0, 0.05) is 6.54 Å². The number of ether oxygens (including phenoxy) is 2. The van der Waals surface area contributed by atoms with Crippen molar-refractivity contribution in [2.75, 3.05) is 34.0 Å². The molecule has 160 valence electrons. The van der Waals surface area contributed by atoms with Crippen LogP contribution in [0.15, 0.2) is 18.2 Å². The van der Waals surface area contributed by atoms with Crippen LogP contribution in [0.2, 0.25) is 0 Å². The van der Waals surface area contributed by atoms with Gasteiger partial charge in [-0.25, -0.2) is 0 Å². The molecule has 0 bridgehead atoms. The summed E-state index contributed by atoms with van der Waals surface area (Å²) in [5, 5.41) is 10.0. The van der Waals surface area contributed by atoms with E-state index in [1.165, 1.54) is 0 Å². The van der Waals surface area contributed by atoms with Crippen molar-refractivity contribution in [3.8, 4) is 17.6 Å². The van der Waals surface area contributed by atoms with Crippen LogP contribution in [-0.2, 0) is 9.59 Å². The average Bonchev–Trinajstić information content (AvgIpc) is 3.30. The molecule has 0 N–H and O–H groups in total. The number of piperazine rings is 1. The first kappa shape index (κ1) is 20.5. The predicted octanol–water partition coefficient (Wildman–Crippen LogP) is 1.77. The molecule has 1 aromatic carbocycles. The predicted molar refractivity (Wildman–Crippen MR) is 109 cm³/mol. The molecule has 30 heavy (non-hydrogen) atoms. The van der Waals surface area contributed by atoms with Crippen LogP contribution in [0, 0.1) is 16.7 Å². The summed E-state index contributed by atoms with van der Waals surface area (Å²) in [7, 11) is 3.97. The van der Waals surface area contributed by atoms with Crippen molar-refractivity contribution in [2.45, 2.75) is 44.8 Å². The minimum atomic E-state index is -0.872. The van der Waals surface area contributed by atoms with Crippen LogP contribution in [0.25, 0.3) is 0 Å². The Morgan fingerprint density at radius 2 is 1.97 bits per heavy atom. The Morgan fingerprint density at radius 1 is 1.23 bits per heavy atom. The molecule has 0 radical (unpaired) electrons. The SMILES string of the molecule is C[C@@H]1C(=O)N2C(C[C@](C)(C#N)C2c2ccc3c(c2)OCO3)C(=O)N1CCCN(C)C. The summed E-state index contributed by atoms with van der Waals surface area (Å²) >= 11 is 0. The molecule has 0 saturated carbocycles. The molecule has 0 aliphatic carbocycles. The van der Waals surface area contributed by atoms with E-state index >= 15 is 0 Å². The first-order valence-corrected chi connectivity index (χ1v) is 10.3. The minimum Gasteiger partial charge on any atom is -0.454 e. The van der Waals surface area contributed by atoms with E-state index in [0.29, 0.717) is 24.5 Å². The zero-order chi connectivity index (χ0) is 21.6. The van der Waals surface area contributed by atoms with Gasteiger partial charge >= 0.3 is 0 Å². The van der Waals surface area contributed by atoms with Crippen LogP contribution in [0.1, 0.15) is 38.3 Å². The lowest BCUT2D eigenvalue weighted by Crippen LogP contribution is -2.62. The molecule has 4 atom stereocenters. The van der Waals surface area contributed by atoms with Gasteiger partial charge in [0.25, 0.3) is 0 Å². The average molecular weight is 412 g/mol. The van der Waals surface area contributed by atoms with E-state index in [9.17, 15) is 14.9 Å². The third-order valence-electron chi connectivity index (χ3n) is 6.45. The third-order valence-corrected chi connectivity index (χ3v) is 6.45. The molecule has 4 rings (SSSR count). The summed E-state index contributed by atoms with van der Waals surface area (Å²) in [6.45, 7) is 5.15. The summed E-state index contributed by atoms with van der Waals surface area (Å²) in [5.74, 6) is 1.08. The smallest absolute Gasteiger partial charge is 0.246 e. The van der Waals surface area contributed by atoms with Gasteiger partial charge in [0.1, 0.15) is 12.1 Å². The highest BCUT2D eigenvalue weighted by Gasteiger charge is 2.59. The molecular weight excluding hydrogens is 384 g/mol. The highest BCUT2D eigenvalue weighted by atomic mass is 16.7. The van der Waals surface area contributed by atoms with Crippen molar-refractivity contribution in [3.05, 3.63) is 23.8 Å². The quantitative estimate of drug-likeness (QED) is 0.733. The Kier molecular flexibility index (Phi) is 5.10. The largest absolute Gasteiger partial charge is 0.454 e. The second-order valence-electron chi connectivity index (χ2n) is 8.87. The van der Waals surface area contributed by atoms with E-state index in [2.05, 4.69) is 11.0 Å². The Balaban J connectivity index is 1.67. The van der Waals surface area contributed by atoms with Crippen LogP contribution in [0.4, 0.5) is 0 Å². The first-order valence-electron chi connectivity index (χ1n) is 10.3. The fraction of sp³-hybridized carbons (Fsp3) is 0.591. The number of nitrogens with zero attached hydrogens (tertiary/aromatic N) is 4. The normalized spacial score (nSPS) is 30.1. The van der Waals surface area contributed by atoms with Crippen molar-refractivity contribution in [1.29, 1.82) is 5.26 Å². The maximum atomic E-state index is 13.4. The van der Waals surface area contributed by atoms with Gasteiger partial charge in [0.2, 0.25) is 18.6 Å². The first-order chi connectivity index (χ1) is 14.3. The molecule has 8 nitrogen and oxygen atoms in total. The van der Waals surface area contributed by atoms with Crippen molar-refractivity contribution >= 4 is 11.8 Å². The maximum absolute atomic E-state index is 13.4. The zero-order valence-corrected chi connectivity index (χ0v) is 17.9. The molecule has 2 fully saturated rings. The molecule has 8 heteroatoms. The molecule has 2 amide bonds. The summed E-state index contributed by atoms with van der Waals surface area (Å²) in [6, 6.07) is 6.22.